The molecule has 0 N–H and O–H groups in total. The number of hydrogen-bond acceptors (Lipinski definition) is 1. The summed E-state index contributed by atoms with van der Waals surface area (Å²) in [5, 5.41) is 0.743. The molecule has 0 unspecified atom stereocenters. The summed E-state index contributed by atoms with van der Waals surface area (Å²) in [7, 11) is 0. The Hall–Kier alpha value is -1.13. The molecule has 5 heteroatoms. The van der Waals surface area contributed by atoms with Crippen LogP contribution in [0.1, 0.15) is 33.0 Å². The zero-order chi connectivity index (χ0) is 15.9. The van der Waals surface area contributed by atoms with E-state index in [2.05, 4.69) is 15.3 Å². The first-order valence-corrected chi connectivity index (χ1v) is 8.15. The smallest absolute Gasteiger partial charge is 0.257 e. The maximum atomic E-state index is 12.4. The van der Waals surface area contributed by atoms with E-state index in [1.54, 1.807) is 0 Å². The molecule has 0 bridgehead atoms. The molecular formula is C18H22BrClN2O. The number of aromatic nitrogens is 2. The molecule has 0 aliphatic carbocycles. The van der Waals surface area contributed by atoms with Crippen molar-refractivity contribution in [3.8, 4) is 11.3 Å². The molecule has 0 fully saturated rings. The van der Waals surface area contributed by atoms with Crippen LogP contribution in [0, 0.1) is 5.41 Å². The number of benzene rings is 1. The van der Waals surface area contributed by atoms with Gasteiger partial charge in [-0.2, -0.15) is 0 Å². The predicted octanol–water partition coefficient (Wildman–Crippen LogP) is 0.661. The summed E-state index contributed by atoms with van der Waals surface area (Å²) in [4.78, 5) is 12.4. The van der Waals surface area contributed by atoms with Crippen molar-refractivity contribution >= 4 is 17.4 Å². The van der Waals surface area contributed by atoms with Crippen molar-refractivity contribution in [2.45, 2.75) is 46.7 Å². The van der Waals surface area contributed by atoms with E-state index in [9.17, 15) is 4.79 Å². The number of carbonyl (C=O) groups is 1. The first-order valence-electron chi connectivity index (χ1n) is 7.77. The van der Waals surface area contributed by atoms with Crippen LogP contribution >= 0.6 is 11.6 Å². The number of ketones is 1. The molecule has 2 heterocycles. The highest BCUT2D eigenvalue weighted by Crippen LogP contribution is 2.26. The molecule has 23 heavy (non-hydrogen) atoms. The van der Waals surface area contributed by atoms with Crippen LogP contribution < -0.4 is 21.5 Å². The van der Waals surface area contributed by atoms with Gasteiger partial charge in [0.15, 0.2) is 11.5 Å². The van der Waals surface area contributed by atoms with E-state index >= 15 is 0 Å². The zero-order valence-corrected chi connectivity index (χ0v) is 16.1. The molecule has 0 amide bonds. The fourth-order valence-electron chi connectivity index (χ4n) is 2.89. The number of rotatable bonds is 3. The summed E-state index contributed by atoms with van der Waals surface area (Å²) in [5.74, 6) is 1.52. The van der Waals surface area contributed by atoms with Gasteiger partial charge in [-0.15, -0.1) is 0 Å². The summed E-state index contributed by atoms with van der Waals surface area (Å²) in [6, 6.07) is 7.91. The largest absolute Gasteiger partial charge is 1.00 e. The van der Waals surface area contributed by atoms with Gasteiger partial charge >= 0.3 is 0 Å². The number of fused-ring (bicyclic) bond motifs is 1. The standard InChI is InChI=1S/C18H22ClN2O.BrH/c1-18(2,3)16(22)12-20-11-15(21-10-4-5-17(20)21)13-6-8-14(19)9-7-13;/h6-9,11H,4-5,10,12H2,1-3H3;1H/q+1;/p-1. The Morgan fingerprint density at radius 1 is 1.26 bits per heavy atom. The first-order chi connectivity index (χ1) is 10.4. The van der Waals surface area contributed by atoms with Crippen LogP contribution in [0.25, 0.3) is 11.3 Å². The summed E-state index contributed by atoms with van der Waals surface area (Å²) in [6.45, 7) is 7.40. The topological polar surface area (TPSA) is 25.9 Å². The molecule has 0 radical (unpaired) electrons. The quantitative estimate of drug-likeness (QED) is 0.699. The minimum absolute atomic E-state index is 0. The highest BCUT2D eigenvalue weighted by molar-refractivity contribution is 6.30. The zero-order valence-electron chi connectivity index (χ0n) is 13.8. The average Bonchev–Trinajstić information content (AvgIpc) is 3.02. The predicted molar refractivity (Wildman–Crippen MR) is 87.9 cm³/mol. The Balaban J connectivity index is 0.00000192. The van der Waals surface area contributed by atoms with Crippen LogP contribution in [-0.2, 0) is 24.3 Å². The molecule has 0 saturated carbocycles. The monoisotopic (exact) mass is 396 g/mol. The SMILES string of the molecule is CC(C)(C)C(=O)C[n+]1cc(-c2ccc(Cl)cc2)n2c1CCC2.[Br-]. The number of carbonyl (C=O) groups excluding carboxylic acids is 1. The third-order valence-electron chi connectivity index (χ3n) is 4.28. The third-order valence-corrected chi connectivity index (χ3v) is 4.54. The summed E-state index contributed by atoms with van der Waals surface area (Å²) in [5.41, 5.74) is 2.02. The van der Waals surface area contributed by atoms with Gasteiger partial charge in [0.05, 0.1) is 13.0 Å². The number of imidazole rings is 1. The summed E-state index contributed by atoms with van der Waals surface area (Å²) >= 11 is 5.98. The maximum absolute atomic E-state index is 12.4. The Kier molecular flexibility index (Phi) is 5.37. The lowest BCUT2D eigenvalue weighted by atomic mass is 9.91. The van der Waals surface area contributed by atoms with Crippen molar-refractivity contribution in [3.05, 3.63) is 41.3 Å². The Bertz CT molecular complexity index is 714. The van der Waals surface area contributed by atoms with Gasteiger partial charge in [0.25, 0.3) is 5.82 Å². The van der Waals surface area contributed by atoms with Crippen LogP contribution in [0.15, 0.2) is 30.5 Å². The molecule has 0 saturated heterocycles. The van der Waals surface area contributed by atoms with Crippen LogP contribution in [-0.4, -0.2) is 10.4 Å². The average molecular weight is 398 g/mol. The molecule has 1 aliphatic rings. The van der Waals surface area contributed by atoms with Crippen molar-refractivity contribution in [2.24, 2.45) is 5.41 Å². The number of halogens is 2. The van der Waals surface area contributed by atoms with Gasteiger partial charge in [0.1, 0.15) is 12.7 Å². The minimum atomic E-state index is -0.305. The van der Waals surface area contributed by atoms with Crippen LogP contribution in [0.4, 0.5) is 0 Å². The number of nitrogens with zero attached hydrogens (tertiary/aromatic N) is 2. The molecule has 3 rings (SSSR count). The minimum Gasteiger partial charge on any atom is -1.00 e. The number of Topliss-reactive ketones (excluding diaryl/α,β-unsaturated/α-hetero) is 1. The van der Waals surface area contributed by atoms with Crippen LogP contribution in [0.5, 0.6) is 0 Å². The van der Waals surface area contributed by atoms with Crippen LogP contribution in [0.2, 0.25) is 5.02 Å². The van der Waals surface area contributed by atoms with E-state index in [0.717, 1.165) is 30.0 Å². The second-order valence-electron chi connectivity index (χ2n) is 6.99. The summed E-state index contributed by atoms with van der Waals surface area (Å²) in [6.07, 6.45) is 4.28. The molecule has 3 nitrogen and oxygen atoms in total. The van der Waals surface area contributed by atoms with Gasteiger partial charge in [-0.25, -0.2) is 9.13 Å². The van der Waals surface area contributed by atoms with Crippen molar-refractivity contribution < 1.29 is 26.3 Å². The molecule has 124 valence electrons. The maximum Gasteiger partial charge on any atom is 0.257 e. The molecule has 0 spiro atoms. The number of hydrogen-bond donors (Lipinski definition) is 0. The fourth-order valence-corrected chi connectivity index (χ4v) is 3.02. The van der Waals surface area contributed by atoms with Crippen LogP contribution in [0.3, 0.4) is 0 Å². The molecular weight excluding hydrogens is 376 g/mol. The first kappa shape index (κ1) is 18.2. The van der Waals surface area contributed by atoms with E-state index in [-0.39, 0.29) is 28.2 Å². The van der Waals surface area contributed by atoms with Gasteiger partial charge in [-0.05, 0) is 30.7 Å². The van der Waals surface area contributed by atoms with Crippen molar-refractivity contribution in [2.75, 3.05) is 0 Å². The lowest BCUT2D eigenvalue weighted by Gasteiger charge is -2.14. The van der Waals surface area contributed by atoms with Gasteiger partial charge in [-0.3, -0.25) is 4.79 Å². The molecule has 1 aromatic carbocycles. The van der Waals surface area contributed by atoms with E-state index < -0.39 is 0 Å². The summed E-state index contributed by atoms with van der Waals surface area (Å²) < 4.78 is 4.46. The lowest BCUT2D eigenvalue weighted by molar-refractivity contribution is -0.690. The van der Waals surface area contributed by atoms with Crippen molar-refractivity contribution in [1.29, 1.82) is 0 Å². The van der Waals surface area contributed by atoms with E-state index in [4.69, 9.17) is 11.6 Å². The Morgan fingerprint density at radius 2 is 1.91 bits per heavy atom. The van der Waals surface area contributed by atoms with E-state index in [1.165, 1.54) is 11.5 Å². The van der Waals surface area contributed by atoms with Crippen molar-refractivity contribution in [3.63, 3.8) is 0 Å². The van der Waals surface area contributed by atoms with Gasteiger partial charge in [0.2, 0.25) is 0 Å². The molecule has 0 atom stereocenters. The molecule has 1 aliphatic heterocycles. The normalized spacial score (nSPS) is 13.6. The molecule has 2 aromatic rings. The Morgan fingerprint density at radius 3 is 2.52 bits per heavy atom. The van der Waals surface area contributed by atoms with E-state index in [1.807, 2.05) is 45.0 Å². The van der Waals surface area contributed by atoms with Crippen molar-refractivity contribution in [1.82, 2.24) is 4.57 Å². The second kappa shape index (κ2) is 6.78. The highest BCUT2D eigenvalue weighted by atomic mass is 79.9. The van der Waals surface area contributed by atoms with Gasteiger partial charge in [-0.1, -0.05) is 32.4 Å². The van der Waals surface area contributed by atoms with Gasteiger partial charge in [0, 0.05) is 16.0 Å². The second-order valence-corrected chi connectivity index (χ2v) is 7.43. The lowest BCUT2D eigenvalue weighted by Crippen LogP contribution is -3.00. The van der Waals surface area contributed by atoms with Gasteiger partial charge < -0.3 is 17.0 Å². The highest BCUT2D eigenvalue weighted by Gasteiger charge is 2.31. The fraction of sp³-hybridized carbons (Fsp3) is 0.444. The Labute approximate surface area is 153 Å². The molecule has 1 aromatic heterocycles. The third kappa shape index (κ3) is 3.69. The van der Waals surface area contributed by atoms with E-state index in [0.29, 0.717) is 6.54 Å².